The standard InChI is InChI=1S/C15H25F3/c1-2-3-11-4-5-13(10-11)12-6-8-14(9-7-12)15(16,17)18/h11-14H,2-10H2,1H3. The van der Waals surface area contributed by atoms with E-state index in [1.807, 2.05) is 0 Å². The summed E-state index contributed by atoms with van der Waals surface area (Å²) < 4.78 is 37.8. The molecule has 0 nitrogen and oxygen atoms in total. The molecule has 0 aliphatic heterocycles. The monoisotopic (exact) mass is 262 g/mol. The van der Waals surface area contributed by atoms with Gasteiger partial charge < -0.3 is 0 Å². The van der Waals surface area contributed by atoms with Crippen molar-refractivity contribution in [3.8, 4) is 0 Å². The normalized spacial score (nSPS) is 38.0. The van der Waals surface area contributed by atoms with Crippen LogP contribution in [0.15, 0.2) is 0 Å². The molecule has 0 aromatic heterocycles. The van der Waals surface area contributed by atoms with Crippen molar-refractivity contribution in [3.63, 3.8) is 0 Å². The summed E-state index contributed by atoms with van der Waals surface area (Å²) in [6.07, 6.45) is 4.87. The molecule has 0 heterocycles. The van der Waals surface area contributed by atoms with Gasteiger partial charge in [-0.05, 0) is 56.3 Å². The molecule has 2 saturated carbocycles. The van der Waals surface area contributed by atoms with Crippen molar-refractivity contribution in [2.75, 3.05) is 0 Å². The highest BCUT2D eigenvalue weighted by atomic mass is 19.4. The van der Waals surface area contributed by atoms with Gasteiger partial charge in [-0.2, -0.15) is 13.2 Å². The van der Waals surface area contributed by atoms with Gasteiger partial charge in [0.2, 0.25) is 0 Å². The van der Waals surface area contributed by atoms with Crippen LogP contribution in [0.3, 0.4) is 0 Å². The third kappa shape index (κ3) is 3.42. The summed E-state index contributed by atoms with van der Waals surface area (Å²) in [6.45, 7) is 2.22. The lowest BCUT2D eigenvalue weighted by Crippen LogP contribution is -2.29. The topological polar surface area (TPSA) is 0 Å². The molecule has 106 valence electrons. The van der Waals surface area contributed by atoms with Crippen molar-refractivity contribution in [1.82, 2.24) is 0 Å². The maximum absolute atomic E-state index is 12.6. The molecule has 18 heavy (non-hydrogen) atoms. The van der Waals surface area contributed by atoms with Crippen molar-refractivity contribution in [2.45, 2.75) is 70.9 Å². The van der Waals surface area contributed by atoms with Gasteiger partial charge in [-0.3, -0.25) is 0 Å². The number of rotatable bonds is 3. The van der Waals surface area contributed by atoms with Crippen molar-refractivity contribution < 1.29 is 13.2 Å². The van der Waals surface area contributed by atoms with E-state index < -0.39 is 12.1 Å². The van der Waals surface area contributed by atoms with E-state index >= 15 is 0 Å². The smallest absolute Gasteiger partial charge is 0.171 e. The molecule has 2 fully saturated rings. The van der Waals surface area contributed by atoms with Crippen LogP contribution >= 0.6 is 0 Å². The molecule has 0 aromatic rings. The Labute approximate surface area is 108 Å². The summed E-state index contributed by atoms with van der Waals surface area (Å²) >= 11 is 0. The summed E-state index contributed by atoms with van der Waals surface area (Å²) in [7, 11) is 0. The Bertz CT molecular complexity index is 251. The first-order valence-corrected chi connectivity index (χ1v) is 7.57. The average Bonchev–Trinajstić information content (AvgIpc) is 2.77. The van der Waals surface area contributed by atoms with E-state index in [4.69, 9.17) is 0 Å². The molecule has 0 bridgehead atoms. The molecular formula is C15H25F3. The van der Waals surface area contributed by atoms with Crippen LogP contribution in [0.4, 0.5) is 13.2 Å². The van der Waals surface area contributed by atoms with Crippen molar-refractivity contribution in [2.24, 2.45) is 23.7 Å². The van der Waals surface area contributed by atoms with Crippen LogP contribution in [0.5, 0.6) is 0 Å². The molecule has 2 rings (SSSR count). The molecule has 2 unspecified atom stereocenters. The third-order valence-corrected chi connectivity index (χ3v) is 5.18. The van der Waals surface area contributed by atoms with Gasteiger partial charge in [-0.25, -0.2) is 0 Å². The van der Waals surface area contributed by atoms with Gasteiger partial charge in [0.05, 0.1) is 5.92 Å². The van der Waals surface area contributed by atoms with Gasteiger partial charge in [0.25, 0.3) is 0 Å². The summed E-state index contributed by atoms with van der Waals surface area (Å²) in [5, 5.41) is 0. The van der Waals surface area contributed by atoms with Gasteiger partial charge >= 0.3 is 6.18 Å². The second kappa shape index (κ2) is 5.83. The predicted octanol–water partition coefficient (Wildman–Crippen LogP) is 5.57. The fourth-order valence-corrected chi connectivity index (χ4v) is 4.13. The largest absolute Gasteiger partial charge is 0.391 e. The molecule has 2 aliphatic carbocycles. The van der Waals surface area contributed by atoms with E-state index in [2.05, 4.69) is 6.92 Å². The fourth-order valence-electron chi connectivity index (χ4n) is 4.13. The fraction of sp³-hybridized carbons (Fsp3) is 1.00. The van der Waals surface area contributed by atoms with Crippen LogP contribution in [0, 0.1) is 23.7 Å². The Morgan fingerprint density at radius 3 is 2.06 bits per heavy atom. The van der Waals surface area contributed by atoms with Gasteiger partial charge in [0.15, 0.2) is 0 Å². The lowest BCUT2D eigenvalue weighted by molar-refractivity contribution is -0.184. The minimum atomic E-state index is -3.95. The zero-order valence-electron chi connectivity index (χ0n) is 11.3. The van der Waals surface area contributed by atoms with Gasteiger partial charge in [-0.1, -0.05) is 26.2 Å². The maximum atomic E-state index is 12.6. The second-order valence-corrected chi connectivity index (χ2v) is 6.38. The van der Waals surface area contributed by atoms with E-state index in [1.165, 1.54) is 32.1 Å². The number of hydrogen-bond donors (Lipinski definition) is 0. The first-order valence-electron chi connectivity index (χ1n) is 7.57. The molecular weight excluding hydrogens is 237 g/mol. The summed E-state index contributed by atoms with van der Waals surface area (Å²) in [5.41, 5.74) is 0. The van der Waals surface area contributed by atoms with Crippen molar-refractivity contribution >= 4 is 0 Å². The molecule has 0 spiro atoms. The molecule has 0 radical (unpaired) electrons. The van der Waals surface area contributed by atoms with E-state index in [9.17, 15) is 13.2 Å². The van der Waals surface area contributed by atoms with Crippen LogP contribution in [-0.4, -0.2) is 6.18 Å². The minimum Gasteiger partial charge on any atom is -0.171 e. The Kier molecular flexibility index (Phi) is 4.60. The molecule has 0 amide bonds. The van der Waals surface area contributed by atoms with Crippen LogP contribution < -0.4 is 0 Å². The molecule has 0 N–H and O–H groups in total. The minimum absolute atomic E-state index is 0.378. The van der Waals surface area contributed by atoms with Gasteiger partial charge in [-0.15, -0.1) is 0 Å². The maximum Gasteiger partial charge on any atom is 0.391 e. The first-order chi connectivity index (χ1) is 8.50. The van der Waals surface area contributed by atoms with Crippen LogP contribution in [0.1, 0.15) is 64.7 Å². The van der Waals surface area contributed by atoms with Crippen LogP contribution in [0.2, 0.25) is 0 Å². The zero-order chi connectivity index (χ0) is 13.2. The highest BCUT2D eigenvalue weighted by Crippen LogP contribution is 2.46. The predicted molar refractivity (Wildman–Crippen MR) is 67.2 cm³/mol. The molecule has 0 saturated heterocycles. The van der Waals surface area contributed by atoms with E-state index in [1.54, 1.807) is 0 Å². The Hall–Kier alpha value is -0.210. The van der Waals surface area contributed by atoms with E-state index in [0.717, 1.165) is 24.7 Å². The first kappa shape index (κ1) is 14.2. The van der Waals surface area contributed by atoms with E-state index in [-0.39, 0.29) is 0 Å². The van der Waals surface area contributed by atoms with Crippen molar-refractivity contribution in [3.05, 3.63) is 0 Å². The Balaban J connectivity index is 1.77. The lowest BCUT2D eigenvalue weighted by atomic mass is 9.74. The summed E-state index contributed by atoms with van der Waals surface area (Å²) in [5.74, 6) is 1.17. The molecule has 0 aromatic carbocycles. The van der Waals surface area contributed by atoms with E-state index in [0.29, 0.717) is 18.8 Å². The Morgan fingerprint density at radius 2 is 1.50 bits per heavy atom. The summed E-state index contributed by atoms with van der Waals surface area (Å²) in [6, 6.07) is 0. The number of hydrogen-bond acceptors (Lipinski definition) is 0. The molecule has 2 aliphatic rings. The molecule has 2 atom stereocenters. The highest BCUT2D eigenvalue weighted by molar-refractivity contribution is 4.85. The van der Waals surface area contributed by atoms with Crippen LogP contribution in [0.25, 0.3) is 0 Å². The third-order valence-electron chi connectivity index (χ3n) is 5.18. The lowest BCUT2D eigenvalue weighted by Gasteiger charge is -2.33. The Morgan fingerprint density at radius 1 is 0.889 bits per heavy atom. The zero-order valence-corrected chi connectivity index (χ0v) is 11.3. The van der Waals surface area contributed by atoms with Gasteiger partial charge in [0.1, 0.15) is 0 Å². The number of halogens is 3. The van der Waals surface area contributed by atoms with Crippen LogP contribution in [-0.2, 0) is 0 Å². The van der Waals surface area contributed by atoms with Crippen molar-refractivity contribution in [1.29, 1.82) is 0 Å². The van der Waals surface area contributed by atoms with Gasteiger partial charge in [0, 0.05) is 0 Å². The second-order valence-electron chi connectivity index (χ2n) is 6.38. The average molecular weight is 262 g/mol. The number of alkyl halides is 3. The SMILES string of the molecule is CCCC1CCC(C2CCC(C(F)(F)F)CC2)C1. The highest BCUT2D eigenvalue weighted by Gasteiger charge is 2.43. The summed E-state index contributed by atoms with van der Waals surface area (Å²) in [4.78, 5) is 0. The quantitative estimate of drug-likeness (QED) is 0.623. The molecule has 3 heteroatoms.